The highest BCUT2D eigenvalue weighted by molar-refractivity contribution is 6.27. The van der Waals surface area contributed by atoms with Gasteiger partial charge < -0.3 is 15.3 Å². The van der Waals surface area contributed by atoms with Gasteiger partial charge >= 0.3 is 0 Å². The Morgan fingerprint density at radius 1 is 0.964 bits per heavy atom. The lowest BCUT2D eigenvalue weighted by Gasteiger charge is -2.31. The Labute approximate surface area is 171 Å². The summed E-state index contributed by atoms with van der Waals surface area (Å²) < 4.78 is 0. The molecule has 0 aliphatic heterocycles. The number of carbonyl (C=O) groups is 2. The van der Waals surface area contributed by atoms with Gasteiger partial charge in [0.15, 0.2) is 0 Å². The molecule has 2 aromatic carbocycles. The van der Waals surface area contributed by atoms with Gasteiger partial charge in [0.05, 0.1) is 0 Å². The van der Waals surface area contributed by atoms with E-state index in [1.807, 2.05) is 60.7 Å². The molecule has 0 aromatic heterocycles. The second kappa shape index (κ2) is 12.2. The van der Waals surface area contributed by atoms with E-state index in [-0.39, 0.29) is 24.3 Å². The van der Waals surface area contributed by atoms with E-state index in [9.17, 15) is 9.59 Å². The minimum Gasteiger partial charge on any atom is -0.396 e. The van der Waals surface area contributed by atoms with Crippen molar-refractivity contribution in [2.75, 3.05) is 12.5 Å². The first kappa shape index (κ1) is 21.9. The lowest BCUT2D eigenvalue weighted by molar-refractivity contribution is -0.139. The predicted octanol–water partition coefficient (Wildman–Crippen LogP) is 3.10. The van der Waals surface area contributed by atoms with Crippen LogP contribution in [0.4, 0.5) is 0 Å². The van der Waals surface area contributed by atoms with Gasteiger partial charge in [0.1, 0.15) is 11.9 Å². The highest BCUT2D eigenvalue weighted by Crippen LogP contribution is 2.15. The number of halogens is 1. The number of nitrogens with one attached hydrogen (secondary N) is 1. The number of rotatable bonds is 11. The summed E-state index contributed by atoms with van der Waals surface area (Å²) in [7, 11) is 0. The second-order valence-electron chi connectivity index (χ2n) is 6.58. The van der Waals surface area contributed by atoms with E-state index in [1.165, 1.54) is 0 Å². The largest absolute Gasteiger partial charge is 0.396 e. The topological polar surface area (TPSA) is 69.6 Å². The van der Waals surface area contributed by atoms with Crippen LogP contribution in [-0.2, 0) is 22.7 Å². The monoisotopic (exact) mass is 402 g/mol. The molecule has 6 heteroatoms. The zero-order chi connectivity index (χ0) is 20.2. The van der Waals surface area contributed by atoms with Crippen molar-refractivity contribution in [3.63, 3.8) is 0 Å². The van der Waals surface area contributed by atoms with Gasteiger partial charge in [-0.25, -0.2) is 0 Å². The number of aliphatic hydroxyl groups is 1. The van der Waals surface area contributed by atoms with Crippen molar-refractivity contribution in [2.45, 2.75) is 38.4 Å². The maximum absolute atomic E-state index is 13.0. The summed E-state index contributed by atoms with van der Waals surface area (Å²) in [5, 5.41) is 12.0. The molecule has 0 bridgehead atoms. The minimum atomic E-state index is -0.637. The van der Waals surface area contributed by atoms with Gasteiger partial charge in [-0.1, -0.05) is 60.7 Å². The van der Waals surface area contributed by atoms with E-state index < -0.39 is 6.04 Å². The van der Waals surface area contributed by atoms with E-state index in [1.54, 1.807) is 4.90 Å². The number of nitrogens with zero attached hydrogens (tertiary/aromatic N) is 1. The SMILES string of the molecule is O=C(NCc1ccccc1)C(CCCCO)N(Cc1ccccc1)C(=O)CCl. The van der Waals surface area contributed by atoms with Crippen molar-refractivity contribution in [1.82, 2.24) is 10.2 Å². The lowest BCUT2D eigenvalue weighted by Crippen LogP contribution is -2.49. The van der Waals surface area contributed by atoms with E-state index in [2.05, 4.69) is 5.32 Å². The van der Waals surface area contributed by atoms with Gasteiger partial charge in [-0.3, -0.25) is 9.59 Å². The summed E-state index contributed by atoms with van der Waals surface area (Å²) in [6.45, 7) is 0.764. The van der Waals surface area contributed by atoms with E-state index >= 15 is 0 Å². The van der Waals surface area contributed by atoms with Crippen molar-refractivity contribution >= 4 is 23.4 Å². The van der Waals surface area contributed by atoms with Crippen LogP contribution in [0.5, 0.6) is 0 Å². The molecule has 2 amide bonds. The van der Waals surface area contributed by atoms with E-state index in [0.29, 0.717) is 32.4 Å². The van der Waals surface area contributed by atoms with E-state index in [0.717, 1.165) is 11.1 Å². The van der Waals surface area contributed by atoms with Crippen LogP contribution in [0.1, 0.15) is 30.4 Å². The normalized spacial score (nSPS) is 11.6. The van der Waals surface area contributed by atoms with Crippen molar-refractivity contribution in [2.24, 2.45) is 0 Å². The quantitative estimate of drug-likeness (QED) is 0.448. The number of amides is 2. The second-order valence-corrected chi connectivity index (χ2v) is 6.85. The molecule has 0 spiro atoms. The smallest absolute Gasteiger partial charge is 0.243 e. The van der Waals surface area contributed by atoms with Gasteiger partial charge in [-0.2, -0.15) is 0 Å². The molecule has 150 valence electrons. The minimum absolute atomic E-state index is 0.0560. The van der Waals surface area contributed by atoms with Crippen LogP contribution in [0.15, 0.2) is 60.7 Å². The van der Waals surface area contributed by atoms with Crippen LogP contribution in [-0.4, -0.2) is 40.3 Å². The molecular formula is C22H27ClN2O3. The Balaban J connectivity index is 2.15. The van der Waals surface area contributed by atoms with Crippen LogP contribution in [0.3, 0.4) is 0 Å². The molecule has 0 heterocycles. The summed E-state index contributed by atoms with van der Waals surface area (Å²) >= 11 is 5.83. The number of hydrogen-bond acceptors (Lipinski definition) is 3. The first-order valence-corrected chi connectivity index (χ1v) is 10.0. The fourth-order valence-corrected chi connectivity index (χ4v) is 3.16. The van der Waals surface area contributed by atoms with Crippen molar-refractivity contribution < 1.29 is 14.7 Å². The Kier molecular flexibility index (Phi) is 9.52. The van der Waals surface area contributed by atoms with Crippen molar-refractivity contribution in [3.8, 4) is 0 Å². The van der Waals surface area contributed by atoms with Gasteiger partial charge in [-0.05, 0) is 30.4 Å². The average Bonchev–Trinajstić information content (AvgIpc) is 2.75. The molecule has 0 aliphatic rings. The molecule has 2 aromatic rings. The zero-order valence-electron chi connectivity index (χ0n) is 15.9. The number of benzene rings is 2. The van der Waals surface area contributed by atoms with Gasteiger partial charge in [0.2, 0.25) is 11.8 Å². The first-order chi connectivity index (χ1) is 13.7. The van der Waals surface area contributed by atoms with Gasteiger partial charge in [0.25, 0.3) is 0 Å². The number of aliphatic hydroxyl groups excluding tert-OH is 1. The first-order valence-electron chi connectivity index (χ1n) is 9.47. The highest BCUT2D eigenvalue weighted by Gasteiger charge is 2.29. The number of alkyl halides is 1. The molecule has 1 atom stereocenters. The van der Waals surface area contributed by atoms with Crippen molar-refractivity contribution in [1.29, 1.82) is 0 Å². The van der Waals surface area contributed by atoms with E-state index in [4.69, 9.17) is 16.7 Å². The number of carbonyl (C=O) groups excluding carboxylic acids is 2. The Morgan fingerprint density at radius 3 is 2.14 bits per heavy atom. The number of hydrogen-bond donors (Lipinski definition) is 2. The fraction of sp³-hybridized carbons (Fsp3) is 0.364. The molecule has 0 saturated heterocycles. The van der Waals surface area contributed by atoms with Crippen molar-refractivity contribution in [3.05, 3.63) is 71.8 Å². The van der Waals surface area contributed by atoms with Gasteiger partial charge in [-0.15, -0.1) is 11.6 Å². The predicted molar refractivity (Wildman–Crippen MR) is 111 cm³/mol. The maximum Gasteiger partial charge on any atom is 0.243 e. The molecule has 0 saturated carbocycles. The highest BCUT2D eigenvalue weighted by atomic mass is 35.5. The summed E-state index contributed by atoms with van der Waals surface area (Å²) in [6.07, 6.45) is 1.69. The van der Waals surface area contributed by atoms with Crippen LogP contribution in [0, 0.1) is 0 Å². The van der Waals surface area contributed by atoms with Crippen LogP contribution in [0.2, 0.25) is 0 Å². The molecule has 1 unspecified atom stereocenters. The third-order valence-electron chi connectivity index (χ3n) is 4.50. The summed E-state index contributed by atoms with van der Waals surface area (Å²) in [4.78, 5) is 27.0. The Morgan fingerprint density at radius 2 is 1.57 bits per heavy atom. The molecule has 5 nitrogen and oxygen atoms in total. The zero-order valence-corrected chi connectivity index (χ0v) is 16.6. The van der Waals surface area contributed by atoms with Crippen LogP contribution < -0.4 is 5.32 Å². The third-order valence-corrected chi connectivity index (χ3v) is 4.73. The maximum atomic E-state index is 13.0. The molecule has 2 N–H and O–H groups in total. The summed E-state index contributed by atoms with van der Waals surface area (Å²) in [6, 6.07) is 18.5. The third kappa shape index (κ3) is 6.98. The molecule has 0 fully saturated rings. The lowest BCUT2D eigenvalue weighted by atomic mass is 10.1. The average molecular weight is 403 g/mol. The summed E-state index contributed by atoms with van der Waals surface area (Å²) in [5.41, 5.74) is 1.92. The van der Waals surface area contributed by atoms with Gasteiger partial charge in [0, 0.05) is 19.7 Å². The standard InChI is InChI=1S/C22H27ClN2O3/c23-15-21(27)25(17-19-11-5-2-6-12-19)20(13-7-8-14-26)22(28)24-16-18-9-3-1-4-10-18/h1-6,9-12,20,26H,7-8,13-17H2,(H,24,28). The Hall–Kier alpha value is -2.37. The molecular weight excluding hydrogens is 376 g/mol. The molecule has 2 rings (SSSR count). The number of unbranched alkanes of at least 4 members (excludes halogenated alkanes) is 1. The molecule has 0 radical (unpaired) electrons. The van der Waals surface area contributed by atoms with Crippen LogP contribution >= 0.6 is 11.6 Å². The van der Waals surface area contributed by atoms with Crippen LogP contribution in [0.25, 0.3) is 0 Å². The molecule has 28 heavy (non-hydrogen) atoms. The Bertz CT molecular complexity index is 725. The fourth-order valence-electron chi connectivity index (χ4n) is 3.01. The summed E-state index contributed by atoms with van der Waals surface area (Å²) in [5.74, 6) is -0.680. The molecule has 0 aliphatic carbocycles.